The molecule has 1 saturated heterocycles. The smallest absolute Gasteiger partial charge is 0.230 e. The number of carbonyl (C=O) groups excluding carboxylic acids is 1. The van der Waals surface area contributed by atoms with E-state index in [0.29, 0.717) is 12.4 Å². The van der Waals surface area contributed by atoms with Gasteiger partial charge in [-0.1, -0.05) is 18.2 Å². The lowest BCUT2D eigenvalue weighted by Gasteiger charge is -2.33. The average Bonchev–Trinajstić information content (AvgIpc) is 2.67. The van der Waals surface area contributed by atoms with E-state index in [1.165, 1.54) is 0 Å². The van der Waals surface area contributed by atoms with Crippen LogP contribution in [0, 0.1) is 19.8 Å². The average molecular weight is 361 g/mol. The van der Waals surface area contributed by atoms with E-state index >= 15 is 0 Å². The lowest BCUT2D eigenvalue weighted by molar-refractivity contribution is -0.120. The molecule has 1 unspecified atom stereocenters. The summed E-state index contributed by atoms with van der Waals surface area (Å²) < 4.78 is 0. The molecule has 1 aliphatic heterocycles. The normalized spacial score (nSPS) is 17.1. The third kappa shape index (κ3) is 3.74. The number of aryl methyl sites for hydroxylation is 2. The van der Waals surface area contributed by atoms with E-state index in [1.807, 2.05) is 56.3 Å². The molecule has 1 amide bonds. The van der Waals surface area contributed by atoms with Gasteiger partial charge in [0.2, 0.25) is 5.91 Å². The number of hydrogen-bond acceptors (Lipinski definition) is 5. The molecule has 1 aromatic carbocycles. The highest BCUT2D eigenvalue weighted by Gasteiger charge is 2.28. The van der Waals surface area contributed by atoms with E-state index in [1.54, 1.807) is 0 Å². The predicted molar refractivity (Wildman–Crippen MR) is 107 cm³/mol. The van der Waals surface area contributed by atoms with Crippen LogP contribution in [0.1, 0.15) is 24.2 Å². The van der Waals surface area contributed by atoms with Crippen LogP contribution in [0.25, 0.3) is 11.0 Å². The van der Waals surface area contributed by atoms with Crippen molar-refractivity contribution in [1.29, 1.82) is 0 Å². The molecule has 0 radical (unpaired) electrons. The number of hydrogen-bond donors (Lipinski definition) is 1. The Kier molecular flexibility index (Phi) is 4.71. The van der Waals surface area contributed by atoms with Crippen LogP contribution in [0.15, 0.2) is 42.5 Å². The van der Waals surface area contributed by atoms with E-state index in [4.69, 9.17) is 4.98 Å². The predicted octanol–water partition coefficient (Wildman–Crippen LogP) is 3.50. The number of fused-ring (bicyclic) bond motifs is 1. The van der Waals surface area contributed by atoms with Gasteiger partial charge in [-0.3, -0.25) is 4.79 Å². The Balaban J connectivity index is 1.52. The standard InChI is InChI=1S/C21H23N5O/c1-14-7-5-11-19(22-14)25-21(27)16-8-6-12-26(13-16)20-15(2)23-17-9-3-4-10-18(17)24-20/h3-5,7,9-11,16H,6,8,12-13H2,1-2H3,(H,22,25,27). The van der Waals surface area contributed by atoms with Crippen molar-refractivity contribution in [3.05, 3.63) is 53.9 Å². The summed E-state index contributed by atoms with van der Waals surface area (Å²) >= 11 is 0. The fourth-order valence-electron chi connectivity index (χ4n) is 3.60. The summed E-state index contributed by atoms with van der Waals surface area (Å²) in [5, 5.41) is 2.96. The molecule has 1 N–H and O–H groups in total. The van der Waals surface area contributed by atoms with Crippen LogP contribution in [0.4, 0.5) is 11.6 Å². The van der Waals surface area contributed by atoms with E-state index in [2.05, 4.69) is 20.2 Å². The molecule has 6 nitrogen and oxygen atoms in total. The number of para-hydroxylation sites is 2. The molecule has 1 fully saturated rings. The van der Waals surface area contributed by atoms with Gasteiger partial charge in [0.15, 0.2) is 5.82 Å². The first-order chi connectivity index (χ1) is 13.1. The Morgan fingerprint density at radius 3 is 2.59 bits per heavy atom. The highest BCUT2D eigenvalue weighted by Crippen LogP contribution is 2.26. The van der Waals surface area contributed by atoms with Crippen molar-refractivity contribution < 1.29 is 4.79 Å². The molecule has 1 atom stereocenters. The van der Waals surface area contributed by atoms with Crippen LogP contribution < -0.4 is 10.2 Å². The topological polar surface area (TPSA) is 71.0 Å². The van der Waals surface area contributed by atoms with E-state index in [9.17, 15) is 4.79 Å². The Morgan fingerprint density at radius 2 is 1.81 bits per heavy atom. The Morgan fingerprint density at radius 1 is 1.04 bits per heavy atom. The monoisotopic (exact) mass is 361 g/mol. The van der Waals surface area contributed by atoms with Gasteiger partial charge in [-0.25, -0.2) is 15.0 Å². The van der Waals surface area contributed by atoms with Crippen LogP contribution in [-0.2, 0) is 4.79 Å². The minimum Gasteiger partial charge on any atom is -0.354 e. The van der Waals surface area contributed by atoms with Gasteiger partial charge in [0.25, 0.3) is 0 Å². The minimum absolute atomic E-state index is 0.0178. The first-order valence-corrected chi connectivity index (χ1v) is 9.33. The second-order valence-electron chi connectivity index (χ2n) is 7.06. The molecule has 27 heavy (non-hydrogen) atoms. The van der Waals surface area contributed by atoms with Gasteiger partial charge in [-0.15, -0.1) is 0 Å². The zero-order valence-corrected chi connectivity index (χ0v) is 15.6. The third-order valence-electron chi connectivity index (χ3n) is 4.95. The number of piperidine rings is 1. The van der Waals surface area contributed by atoms with Gasteiger partial charge in [0.1, 0.15) is 5.82 Å². The van der Waals surface area contributed by atoms with Crippen LogP contribution in [0.3, 0.4) is 0 Å². The molecule has 4 rings (SSSR count). The fraction of sp³-hybridized carbons (Fsp3) is 0.333. The summed E-state index contributed by atoms with van der Waals surface area (Å²) in [4.78, 5) is 28.8. The molecule has 0 aliphatic carbocycles. The first-order valence-electron chi connectivity index (χ1n) is 9.33. The third-order valence-corrected chi connectivity index (χ3v) is 4.95. The zero-order chi connectivity index (χ0) is 18.8. The van der Waals surface area contributed by atoms with Crippen molar-refractivity contribution in [2.75, 3.05) is 23.3 Å². The fourth-order valence-corrected chi connectivity index (χ4v) is 3.60. The van der Waals surface area contributed by atoms with Gasteiger partial charge in [-0.2, -0.15) is 0 Å². The number of anilines is 2. The summed E-state index contributed by atoms with van der Waals surface area (Å²) in [5.74, 6) is 1.41. The number of nitrogens with zero attached hydrogens (tertiary/aromatic N) is 4. The Bertz CT molecular complexity index is 987. The summed E-state index contributed by atoms with van der Waals surface area (Å²) in [6.07, 6.45) is 1.82. The second-order valence-corrected chi connectivity index (χ2v) is 7.06. The molecule has 1 aliphatic rings. The maximum absolute atomic E-state index is 12.7. The molecule has 3 heterocycles. The van der Waals surface area contributed by atoms with Crippen LogP contribution in [0.2, 0.25) is 0 Å². The molecule has 6 heteroatoms. The quantitative estimate of drug-likeness (QED) is 0.773. The summed E-state index contributed by atoms with van der Waals surface area (Å²) in [5.41, 5.74) is 3.57. The van der Waals surface area contributed by atoms with E-state index < -0.39 is 0 Å². The van der Waals surface area contributed by atoms with Crippen molar-refractivity contribution in [3.8, 4) is 0 Å². The number of nitrogens with one attached hydrogen (secondary N) is 1. The number of rotatable bonds is 3. The van der Waals surface area contributed by atoms with Crippen molar-refractivity contribution in [2.24, 2.45) is 5.92 Å². The van der Waals surface area contributed by atoms with Crippen molar-refractivity contribution in [2.45, 2.75) is 26.7 Å². The van der Waals surface area contributed by atoms with Crippen molar-refractivity contribution in [3.63, 3.8) is 0 Å². The van der Waals surface area contributed by atoms with E-state index in [-0.39, 0.29) is 11.8 Å². The lowest BCUT2D eigenvalue weighted by atomic mass is 9.97. The van der Waals surface area contributed by atoms with Crippen molar-refractivity contribution in [1.82, 2.24) is 15.0 Å². The highest BCUT2D eigenvalue weighted by molar-refractivity contribution is 5.92. The van der Waals surface area contributed by atoms with Gasteiger partial charge in [-0.05, 0) is 51.0 Å². The largest absolute Gasteiger partial charge is 0.354 e. The number of carbonyl (C=O) groups is 1. The number of amides is 1. The molecule has 0 saturated carbocycles. The Labute approximate surface area is 158 Å². The first kappa shape index (κ1) is 17.4. The molecule has 0 spiro atoms. The molecule has 2 aromatic heterocycles. The van der Waals surface area contributed by atoms with Gasteiger partial charge >= 0.3 is 0 Å². The summed E-state index contributed by atoms with van der Waals surface area (Å²) in [6.45, 7) is 5.43. The van der Waals surface area contributed by atoms with Gasteiger partial charge in [0, 0.05) is 18.8 Å². The SMILES string of the molecule is Cc1cccc(NC(=O)C2CCCN(c3nc4ccccc4nc3C)C2)n1. The van der Waals surface area contributed by atoms with Crippen LogP contribution >= 0.6 is 0 Å². The number of benzene rings is 1. The zero-order valence-electron chi connectivity index (χ0n) is 15.6. The lowest BCUT2D eigenvalue weighted by Crippen LogP contribution is -2.41. The molecular formula is C21H23N5O. The van der Waals surface area contributed by atoms with Crippen LogP contribution in [-0.4, -0.2) is 33.9 Å². The maximum atomic E-state index is 12.7. The highest BCUT2D eigenvalue weighted by atomic mass is 16.2. The molecule has 3 aromatic rings. The number of pyridine rings is 1. The van der Waals surface area contributed by atoms with Crippen molar-refractivity contribution >= 4 is 28.6 Å². The second kappa shape index (κ2) is 7.31. The van der Waals surface area contributed by atoms with Gasteiger partial charge < -0.3 is 10.2 Å². The van der Waals surface area contributed by atoms with Crippen LogP contribution in [0.5, 0.6) is 0 Å². The molecular weight excluding hydrogens is 338 g/mol. The number of aromatic nitrogens is 3. The minimum atomic E-state index is -0.0891. The molecule has 0 bridgehead atoms. The van der Waals surface area contributed by atoms with E-state index in [0.717, 1.165) is 47.6 Å². The maximum Gasteiger partial charge on any atom is 0.230 e. The van der Waals surface area contributed by atoms with Gasteiger partial charge in [0.05, 0.1) is 22.6 Å². The molecule has 138 valence electrons. The summed E-state index contributed by atoms with van der Waals surface area (Å²) in [6, 6.07) is 13.5. The summed E-state index contributed by atoms with van der Waals surface area (Å²) in [7, 11) is 0. The Hall–Kier alpha value is -3.02.